The molecule has 1 unspecified atom stereocenters. The lowest BCUT2D eigenvalue weighted by Crippen LogP contribution is -2.38. The summed E-state index contributed by atoms with van der Waals surface area (Å²) in [5, 5.41) is 21.6. The van der Waals surface area contributed by atoms with E-state index in [1.807, 2.05) is 13.8 Å². The summed E-state index contributed by atoms with van der Waals surface area (Å²) < 4.78 is 0. The van der Waals surface area contributed by atoms with Crippen molar-refractivity contribution in [3.05, 3.63) is 0 Å². The molecule has 0 radical (unpaired) electrons. The average molecular weight is 178 g/mol. The van der Waals surface area contributed by atoms with Gasteiger partial charge in [0.05, 0.1) is 12.7 Å². The highest BCUT2D eigenvalue weighted by molar-refractivity contribution is 5.73. The van der Waals surface area contributed by atoms with E-state index in [2.05, 4.69) is 10.6 Å². The Labute approximate surface area is 72.8 Å². The van der Waals surface area contributed by atoms with E-state index >= 15 is 0 Å². The first-order chi connectivity index (χ1) is 5.70. The van der Waals surface area contributed by atoms with Crippen molar-refractivity contribution in [3.63, 3.8) is 0 Å². The van der Waals surface area contributed by atoms with Gasteiger partial charge in [-0.05, 0) is 0 Å². The Bertz CT molecular complexity index is 109. The first-order valence-electron chi connectivity index (χ1n) is 3.95. The summed E-state index contributed by atoms with van der Waals surface area (Å²) in [7, 11) is 1.47. The van der Waals surface area contributed by atoms with Gasteiger partial charge in [-0.2, -0.15) is 0 Å². The Morgan fingerprint density at radius 2 is 2.00 bits per heavy atom. The van der Waals surface area contributed by atoms with Gasteiger partial charge in [0.1, 0.15) is 0 Å². The monoisotopic (exact) mass is 178 g/mol. The minimum absolute atomic E-state index is 0.0656. The van der Waals surface area contributed by atoms with Crippen LogP contribution in [-0.2, 0) is 0 Å². The molecular weight excluding hydrogens is 160 g/mol. The highest BCUT2D eigenvalue weighted by atomic mass is 16.3. The highest BCUT2D eigenvalue weighted by Gasteiger charge is 2.02. The van der Waals surface area contributed by atoms with Gasteiger partial charge in [-0.3, -0.25) is 0 Å². The number of rotatable bonds is 3. The molecule has 5 heteroatoms. The number of aliphatic hydroxyl groups excluding tert-OH is 2. The highest BCUT2D eigenvalue weighted by Crippen LogP contribution is 1.75. The maximum absolute atomic E-state index is 10.4. The molecule has 1 atom stereocenters. The Hall–Kier alpha value is -0.810. The number of hydrogen-bond donors (Lipinski definition) is 4. The van der Waals surface area contributed by atoms with Gasteiger partial charge in [0.15, 0.2) is 0 Å². The van der Waals surface area contributed by atoms with Crippen LogP contribution in [0, 0.1) is 0 Å². The summed E-state index contributed by atoms with van der Waals surface area (Å²) in [6.45, 7) is 3.72. The van der Waals surface area contributed by atoms with E-state index < -0.39 is 6.10 Å². The predicted molar refractivity (Wildman–Crippen MR) is 46.9 cm³/mol. The Balaban J connectivity index is 0. The minimum atomic E-state index is -0.878. The number of hydrogen-bond acceptors (Lipinski definition) is 3. The maximum Gasteiger partial charge on any atom is 0.314 e. The standard InChI is InChI=1S/C5H12N2O3.C2H6/c1-6-5(10)7-2-4(9)3-8;1-2/h4,8-9H,2-3H2,1H3,(H2,6,7,10);1-2H3. The van der Waals surface area contributed by atoms with Gasteiger partial charge in [0.25, 0.3) is 0 Å². The van der Waals surface area contributed by atoms with E-state index in [9.17, 15) is 4.79 Å². The largest absolute Gasteiger partial charge is 0.394 e. The number of urea groups is 1. The summed E-state index contributed by atoms with van der Waals surface area (Å²) in [5.41, 5.74) is 0. The number of nitrogens with one attached hydrogen (secondary N) is 2. The van der Waals surface area contributed by atoms with E-state index in [1.54, 1.807) is 0 Å². The molecule has 0 spiro atoms. The fourth-order valence-corrected chi connectivity index (χ4v) is 0.363. The topological polar surface area (TPSA) is 81.6 Å². The van der Waals surface area contributed by atoms with Crippen molar-refractivity contribution in [1.82, 2.24) is 10.6 Å². The van der Waals surface area contributed by atoms with Crippen molar-refractivity contribution in [2.45, 2.75) is 20.0 Å². The Kier molecular flexibility index (Phi) is 11.7. The molecule has 0 aliphatic heterocycles. The van der Waals surface area contributed by atoms with Gasteiger partial charge in [0.2, 0.25) is 0 Å². The zero-order chi connectivity index (χ0) is 9.98. The first kappa shape index (κ1) is 13.8. The second-order valence-electron chi connectivity index (χ2n) is 1.80. The van der Waals surface area contributed by atoms with Crippen LogP contribution in [0.4, 0.5) is 4.79 Å². The molecular formula is C7H18N2O3. The molecule has 0 heterocycles. The van der Waals surface area contributed by atoms with Crippen molar-refractivity contribution < 1.29 is 15.0 Å². The van der Waals surface area contributed by atoms with Crippen LogP contribution in [0.2, 0.25) is 0 Å². The normalized spacial score (nSPS) is 10.8. The van der Waals surface area contributed by atoms with E-state index in [0.717, 1.165) is 0 Å². The molecule has 4 N–H and O–H groups in total. The number of aliphatic hydroxyl groups is 2. The van der Waals surface area contributed by atoms with Gasteiger partial charge in [-0.25, -0.2) is 4.79 Å². The maximum atomic E-state index is 10.4. The predicted octanol–water partition coefficient (Wildman–Crippen LogP) is -0.705. The SMILES string of the molecule is CC.CNC(=O)NCC(O)CO. The summed E-state index contributed by atoms with van der Waals surface area (Å²) in [5.74, 6) is 0. The molecule has 0 saturated heterocycles. The van der Waals surface area contributed by atoms with Crippen molar-refractivity contribution in [2.24, 2.45) is 0 Å². The van der Waals surface area contributed by atoms with Crippen LogP contribution < -0.4 is 10.6 Å². The van der Waals surface area contributed by atoms with Crippen LogP contribution in [0.25, 0.3) is 0 Å². The Morgan fingerprint density at radius 1 is 1.50 bits per heavy atom. The molecule has 12 heavy (non-hydrogen) atoms. The van der Waals surface area contributed by atoms with Crippen LogP contribution in [0.1, 0.15) is 13.8 Å². The summed E-state index contributed by atoms with van der Waals surface area (Å²) in [4.78, 5) is 10.4. The zero-order valence-electron chi connectivity index (χ0n) is 7.79. The second-order valence-corrected chi connectivity index (χ2v) is 1.80. The molecule has 0 aliphatic rings. The van der Waals surface area contributed by atoms with Crippen molar-refractivity contribution in [2.75, 3.05) is 20.2 Å². The van der Waals surface area contributed by atoms with Gasteiger partial charge in [0, 0.05) is 13.6 Å². The lowest BCUT2D eigenvalue weighted by Gasteiger charge is -2.07. The Morgan fingerprint density at radius 3 is 2.33 bits per heavy atom. The molecule has 0 aromatic heterocycles. The van der Waals surface area contributed by atoms with Crippen LogP contribution >= 0.6 is 0 Å². The third-order valence-electron chi connectivity index (χ3n) is 0.936. The van der Waals surface area contributed by atoms with Gasteiger partial charge >= 0.3 is 6.03 Å². The summed E-state index contributed by atoms with van der Waals surface area (Å²) in [6.07, 6.45) is -0.878. The third-order valence-corrected chi connectivity index (χ3v) is 0.936. The van der Waals surface area contributed by atoms with Crippen molar-refractivity contribution in [1.29, 1.82) is 0 Å². The number of carbonyl (C=O) groups excluding carboxylic acids is 1. The van der Waals surface area contributed by atoms with Crippen LogP contribution in [0.3, 0.4) is 0 Å². The lowest BCUT2D eigenvalue weighted by atomic mass is 10.4. The van der Waals surface area contributed by atoms with Gasteiger partial charge < -0.3 is 20.8 Å². The number of amides is 2. The molecule has 0 saturated carbocycles. The average Bonchev–Trinajstić information content (AvgIpc) is 2.16. The molecule has 5 nitrogen and oxygen atoms in total. The molecule has 0 rings (SSSR count). The van der Waals surface area contributed by atoms with Crippen LogP contribution in [0.15, 0.2) is 0 Å². The fraction of sp³-hybridized carbons (Fsp3) is 0.857. The van der Waals surface area contributed by atoms with E-state index in [0.29, 0.717) is 0 Å². The number of carbonyl (C=O) groups is 1. The molecule has 0 aromatic carbocycles. The van der Waals surface area contributed by atoms with E-state index in [1.165, 1.54) is 7.05 Å². The molecule has 0 fully saturated rings. The smallest absolute Gasteiger partial charge is 0.314 e. The minimum Gasteiger partial charge on any atom is -0.394 e. The second kappa shape index (κ2) is 10.2. The quantitative estimate of drug-likeness (QED) is 0.461. The molecule has 0 aromatic rings. The third kappa shape index (κ3) is 9.19. The van der Waals surface area contributed by atoms with E-state index in [4.69, 9.17) is 10.2 Å². The molecule has 0 aliphatic carbocycles. The van der Waals surface area contributed by atoms with Crippen molar-refractivity contribution >= 4 is 6.03 Å². The van der Waals surface area contributed by atoms with Crippen LogP contribution in [0.5, 0.6) is 0 Å². The van der Waals surface area contributed by atoms with Crippen LogP contribution in [-0.4, -0.2) is 42.5 Å². The lowest BCUT2D eigenvalue weighted by molar-refractivity contribution is 0.0960. The first-order valence-corrected chi connectivity index (χ1v) is 3.95. The zero-order valence-corrected chi connectivity index (χ0v) is 7.79. The molecule has 0 bridgehead atoms. The molecule has 74 valence electrons. The van der Waals surface area contributed by atoms with E-state index in [-0.39, 0.29) is 19.2 Å². The summed E-state index contributed by atoms with van der Waals surface area (Å²) in [6, 6.07) is -0.368. The molecule has 2 amide bonds. The van der Waals surface area contributed by atoms with Gasteiger partial charge in [-0.15, -0.1) is 0 Å². The van der Waals surface area contributed by atoms with Crippen molar-refractivity contribution in [3.8, 4) is 0 Å². The van der Waals surface area contributed by atoms with Gasteiger partial charge in [-0.1, -0.05) is 13.8 Å². The fourth-order valence-electron chi connectivity index (χ4n) is 0.363. The summed E-state index contributed by atoms with van der Waals surface area (Å²) >= 11 is 0.